The van der Waals surface area contributed by atoms with Crippen LogP contribution in [0.5, 0.6) is 0 Å². The van der Waals surface area contributed by atoms with E-state index in [1.165, 1.54) is 0 Å². The maximum absolute atomic E-state index is 12.2. The molecule has 1 aliphatic carbocycles. The van der Waals surface area contributed by atoms with Crippen LogP contribution in [0.25, 0.3) is 0 Å². The largest absolute Gasteiger partial charge is 0.357 e. The highest BCUT2D eigenvalue weighted by Gasteiger charge is 2.25. The van der Waals surface area contributed by atoms with E-state index in [1.54, 1.807) is 23.2 Å². The lowest BCUT2D eigenvalue weighted by Gasteiger charge is -2.14. The second kappa shape index (κ2) is 4.84. The van der Waals surface area contributed by atoms with Crippen LogP contribution in [0.4, 0.5) is 5.82 Å². The predicted molar refractivity (Wildman–Crippen MR) is 73.0 cm³/mol. The molecule has 2 aromatic heterocycles. The molecule has 19 heavy (non-hydrogen) atoms. The Kier molecular flexibility index (Phi) is 3.03. The third-order valence-corrected chi connectivity index (χ3v) is 3.29. The number of hydrogen-bond acceptors (Lipinski definition) is 4. The second-order valence-corrected chi connectivity index (χ2v) is 4.84. The average Bonchev–Trinajstić information content (AvgIpc) is 3.26. The van der Waals surface area contributed by atoms with Crippen molar-refractivity contribution < 1.29 is 0 Å². The van der Waals surface area contributed by atoms with Gasteiger partial charge in [-0.1, -0.05) is 6.07 Å². The molecule has 1 unspecified atom stereocenters. The molecule has 1 aliphatic rings. The van der Waals surface area contributed by atoms with Crippen molar-refractivity contribution in [1.29, 1.82) is 0 Å². The third-order valence-electron chi connectivity index (χ3n) is 3.29. The number of pyridine rings is 1. The van der Waals surface area contributed by atoms with Crippen molar-refractivity contribution >= 4 is 5.82 Å². The zero-order chi connectivity index (χ0) is 13.2. The minimum Gasteiger partial charge on any atom is -0.357 e. The van der Waals surface area contributed by atoms with Gasteiger partial charge < -0.3 is 9.88 Å². The van der Waals surface area contributed by atoms with Gasteiger partial charge in [0.2, 0.25) is 0 Å². The first kappa shape index (κ1) is 11.9. The van der Waals surface area contributed by atoms with E-state index in [1.807, 2.05) is 25.1 Å². The van der Waals surface area contributed by atoms with Crippen LogP contribution in [0.1, 0.15) is 37.5 Å². The van der Waals surface area contributed by atoms with Crippen LogP contribution in [-0.4, -0.2) is 14.5 Å². The van der Waals surface area contributed by atoms with Gasteiger partial charge in [-0.3, -0.25) is 9.78 Å². The van der Waals surface area contributed by atoms with Crippen LogP contribution < -0.4 is 10.9 Å². The van der Waals surface area contributed by atoms with E-state index < -0.39 is 0 Å². The molecule has 0 spiro atoms. The summed E-state index contributed by atoms with van der Waals surface area (Å²) < 4.78 is 1.76. The van der Waals surface area contributed by atoms with Gasteiger partial charge in [0.15, 0.2) is 5.82 Å². The molecule has 5 nitrogen and oxygen atoms in total. The smallest absolute Gasteiger partial charge is 0.293 e. The van der Waals surface area contributed by atoms with Crippen molar-refractivity contribution in [2.75, 3.05) is 5.32 Å². The highest BCUT2D eigenvalue weighted by molar-refractivity contribution is 5.34. The summed E-state index contributed by atoms with van der Waals surface area (Å²) >= 11 is 0. The molecule has 1 saturated carbocycles. The number of nitrogens with one attached hydrogen (secondary N) is 1. The highest BCUT2D eigenvalue weighted by atomic mass is 16.1. The lowest BCUT2D eigenvalue weighted by atomic mass is 10.2. The van der Waals surface area contributed by atoms with Crippen LogP contribution in [0.3, 0.4) is 0 Å². The van der Waals surface area contributed by atoms with Crippen molar-refractivity contribution in [1.82, 2.24) is 14.5 Å². The summed E-state index contributed by atoms with van der Waals surface area (Å²) in [6, 6.07) is 6.05. The van der Waals surface area contributed by atoms with Crippen molar-refractivity contribution in [3.8, 4) is 0 Å². The Hall–Kier alpha value is -2.17. The van der Waals surface area contributed by atoms with Crippen LogP contribution in [0.15, 0.2) is 41.6 Å². The number of rotatable bonds is 4. The summed E-state index contributed by atoms with van der Waals surface area (Å²) in [4.78, 5) is 20.7. The molecule has 2 heterocycles. The summed E-state index contributed by atoms with van der Waals surface area (Å²) in [5.74, 6) is 0.396. The molecule has 0 radical (unpaired) electrons. The lowest BCUT2D eigenvalue weighted by molar-refractivity contribution is 0.695. The van der Waals surface area contributed by atoms with Gasteiger partial charge in [0.1, 0.15) is 0 Å². The fraction of sp³-hybridized carbons (Fsp3) is 0.357. The zero-order valence-electron chi connectivity index (χ0n) is 10.8. The Morgan fingerprint density at radius 1 is 1.32 bits per heavy atom. The standard InChI is InChI=1S/C14H16N4O/c1-10(12-4-2-3-7-15-12)17-13-14(19)18(9-8-16-13)11-5-6-11/h2-4,7-11H,5-6H2,1H3,(H,16,17). The molecule has 2 aromatic rings. The summed E-state index contributed by atoms with van der Waals surface area (Å²) in [7, 11) is 0. The molecule has 1 atom stereocenters. The van der Waals surface area contributed by atoms with Crippen molar-refractivity contribution in [3.63, 3.8) is 0 Å². The SMILES string of the molecule is CC(Nc1nccn(C2CC2)c1=O)c1ccccn1. The van der Waals surface area contributed by atoms with E-state index >= 15 is 0 Å². The lowest BCUT2D eigenvalue weighted by Crippen LogP contribution is -2.25. The molecule has 0 aromatic carbocycles. The number of hydrogen-bond donors (Lipinski definition) is 1. The first-order chi connectivity index (χ1) is 9.25. The fourth-order valence-corrected chi connectivity index (χ4v) is 2.08. The van der Waals surface area contributed by atoms with Crippen molar-refractivity contribution in [2.24, 2.45) is 0 Å². The maximum atomic E-state index is 12.2. The van der Waals surface area contributed by atoms with Gasteiger partial charge in [-0.15, -0.1) is 0 Å². The average molecular weight is 256 g/mol. The molecule has 98 valence electrons. The molecule has 0 bridgehead atoms. The molecular formula is C14H16N4O. The van der Waals surface area contributed by atoms with E-state index in [9.17, 15) is 4.79 Å². The first-order valence-corrected chi connectivity index (χ1v) is 6.50. The van der Waals surface area contributed by atoms with Crippen LogP contribution in [0, 0.1) is 0 Å². The van der Waals surface area contributed by atoms with Crippen LogP contribution in [-0.2, 0) is 0 Å². The molecule has 0 aliphatic heterocycles. The Morgan fingerprint density at radius 3 is 2.84 bits per heavy atom. The van der Waals surface area contributed by atoms with Crippen LogP contribution in [0.2, 0.25) is 0 Å². The maximum Gasteiger partial charge on any atom is 0.293 e. The van der Waals surface area contributed by atoms with Crippen molar-refractivity contribution in [3.05, 3.63) is 52.8 Å². The topological polar surface area (TPSA) is 59.8 Å². The van der Waals surface area contributed by atoms with E-state index in [0.717, 1.165) is 18.5 Å². The Bertz CT molecular complexity index is 619. The van der Waals surface area contributed by atoms with Gasteiger partial charge in [0, 0.05) is 24.6 Å². The van der Waals surface area contributed by atoms with Gasteiger partial charge in [-0.2, -0.15) is 0 Å². The van der Waals surface area contributed by atoms with E-state index in [0.29, 0.717) is 11.9 Å². The highest BCUT2D eigenvalue weighted by Crippen LogP contribution is 2.33. The van der Waals surface area contributed by atoms with Gasteiger partial charge in [0.05, 0.1) is 11.7 Å². The van der Waals surface area contributed by atoms with Crippen molar-refractivity contribution in [2.45, 2.75) is 31.8 Å². The van der Waals surface area contributed by atoms with E-state index in [-0.39, 0.29) is 11.6 Å². The summed E-state index contributed by atoms with van der Waals surface area (Å²) in [5.41, 5.74) is 0.846. The van der Waals surface area contributed by atoms with Gasteiger partial charge in [-0.25, -0.2) is 4.98 Å². The predicted octanol–water partition coefficient (Wildman–Crippen LogP) is 2.15. The van der Waals surface area contributed by atoms with E-state index in [4.69, 9.17) is 0 Å². The molecule has 3 rings (SSSR count). The second-order valence-electron chi connectivity index (χ2n) is 4.84. The molecule has 1 N–H and O–H groups in total. The Morgan fingerprint density at radius 2 is 2.16 bits per heavy atom. The minimum atomic E-state index is -0.0484. The van der Waals surface area contributed by atoms with Gasteiger partial charge in [0.25, 0.3) is 5.56 Å². The Labute approximate surface area is 111 Å². The molecule has 0 amide bonds. The molecule has 0 saturated heterocycles. The Balaban J connectivity index is 1.84. The quantitative estimate of drug-likeness (QED) is 0.910. The number of nitrogens with zero attached hydrogens (tertiary/aromatic N) is 3. The molecular weight excluding hydrogens is 240 g/mol. The minimum absolute atomic E-state index is 0.0450. The molecule has 5 heteroatoms. The van der Waals surface area contributed by atoms with Gasteiger partial charge >= 0.3 is 0 Å². The fourth-order valence-electron chi connectivity index (χ4n) is 2.08. The summed E-state index contributed by atoms with van der Waals surface area (Å²) in [5, 5.41) is 3.14. The van der Waals surface area contributed by atoms with Crippen LogP contribution >= 0.6 is 0 Å². The molecule has 1 fully saturated rings. The number of anilines is 1. The third kappa shape index (κ3) is 2.50. The summed E-state index contributed by atoms with van der Waals surface area (Å²) in [6.45, 7) is 1.97. The monoisotopic (exact) mass is 256 g/mol. The normalized spacial score (nSPS) is 16.1. The zero-order valence-corrected chi connectivity index (χ0v) is 10.8. The van der Waals surface area contributed by atoms with Gasteiger partial charge in [-0.05, 0) is 31.9 Å². The summed E-state index contributed by atoms with van der Waals surface area (Å²) in [6.07, 6.45) is 7.34. The number of aromatic nitrogens is 3. The first-order valence-electron chi connectivity index (χ1n) is 6.50. The van der Waals surface area contributed by atoms with E-state index in [2.05, 4.69) is 15.3 Å².